The molecular weight excluding hydrogens is 260 g/mol. The first-order valence-corrected chi connectivity index (χ1v) is 7.20. The van der Waals surface area contributed by atoms with Gasteiger partial charge in [-0.05, 0) is 18.8 Å². The van der Waals surface area contributed by atoms with Gasteiger partial charge < -0.3 is 20.5 Å². The standard InChI is InChI=1S/C14H26N2O4/c1-19-9-11(15)14(18)16-12(8-13(17)20-2)10-6-4-3-5-7-10/h10-12H,3-9,15H2,1-2H3,(H,16,18). The van der Waals surface area contributed by atoms with E-state index in [-0.39, 0.29) is 30.9 Å². The van der Waals surface area contributed by atoms with Crippen LogP contribution in [0.15, 0.2) is 0 Å². The molecule has 1 saturated carbocycles. The van der Waals surface area contributed by atoms with Crippen molar-refractivity contribution in [1.29, 1.82) is 0 Å². The maximum Gasteiger partial charge on any atom is 0.307 e. The van der Waals surface area contributed by atoms with Crippen LogP contribution in [0.1, 0.15) is 38.5 Å². The third-order valence-corrected chi connectivity index (χ3v) is 3.84. The third kappa shape index (κ3) is 5.46. The second kappa shape index (κ2) is 8.92. The Labute approximate surface area is 120 Å². The van der Waals surface area contributed by atoms with Crippen LogP contribution >= 0.6 is 0 Å². The van der Waals surface area contributed by atoms with Crippen LogP contribution in [0.25, 0.3) is 0 Å². The molecule has 3 N–H and O–H groups in total. The Hall–Kier alpha value is -1.14. The van der Waals surface area contributed by atoms with Gasteiger partial charge in [-0.3, -0.25) is 9.59 Å². The highest BCUT2D eigenvalue weighted by molar-refractivity contribution is 5.82. The number of carbonyl (C=O) groups is 2. The number of methoxy groups -OCH3 is 2. The van der Waals surface area contributed by atoms with Crippen molar-refractivity contribution in [1.82, 2.24) is 5.32 Å². The van der Waals surface area contributed by atoms with Crippen LogP contribution in [0.5, 0.6) is 0 Å². The molecular formula is C14H26N2O4. The number of esters is 1. The van der Waals surface area contributed by atoms with Crippen molar-refractivity contribution >= 4 is 11.9 Å². The van der Waals surface area contributed by atoms with E-state index in [2.05, 4.69) is 5.32 Å². The van der Waals surface area contributed by atoms with E-state index in [0.717, 1.165) is 25.7 Å². The van der Waals surface area contributed by atoms with Gasteiger partial charge in [-0.1, -0.05) is 19.3 Å². The maximum atomic E-state index is 12.0. The van der Waals surface area contributed by atoms with Crippen LogP contribution in [0.3, 0.4) is 0 Å². The molecule has 1 aliphatic carbocycles. The van der Waals surface area contributed by atoms with Gasteiger partial charge in [0.15, 0.2) is 0 Å². The van der Waals surface area contributed by atoms with Gasteiger partial charge in [0.05, 0.1) is 20.1 Å². The summed E-state index contributed by atoms with van der Waals surface area (Å²) < 4.78 is 9.59. The molecule has 6 heteroatoms. The second-order valence-corrected chi connectivity index (χ2v) is 5.36. The number of hydrogen-bond acceptors (Lipinski definition) is 5. The molecule has 2 atom stereocenters. The molecule has 0 heterocycles. The minimum absolute atomic E-state index is 0.168. The number of nitrogens with one attached hydrogen (secondary N) is 1. The lowest BCUT2D eigenvalue weighted by molar-refractivity contribution is -0.141. The van der Waals surface area contributed by atoms with Gasteiger partial charge in [-0.2, -0.15) is 0 Å². The fourth-order valence-electron chi connectivity index (χ4n) is 2.68. The fraction of sp³-hybridized carbons (Fsp3) is 0.857. The molecule has 0 aliphatic heterocycles. The van der Waals surface area contributed by atoms with Crippen molar-refractivity contribution in [2.24, 2.45) is 11.7 Å². The summed E-state index contributed by atoms with van der Waals surface area (Å²) in [5, 5.41) is 2.89. The molecule has 6 nitrogen and oxygen atoms in total. The van der Waals surface area contributed by atoms with Crippen LogP contribution in [-0.2, 0) is 19.1 Å². The minimum atomic E-state index is -0.705. The number of carbonyl (C=O) groups excluding carboxylic acids is 2. The van der Waals surface area contributed by atoms with Gasteiger partial charge in [-0.15, -0.1) is 0 Å². The van der Waals surface area contributed by atoms with E-state index in [4.69, 9.17) is 15.2 Å². The van der Waals surface area contributed by atoms with Gasteiger partial charge >= 0.3 is 5.97 Å². The van der Waals surface area contributed by atoms with E-state index in [9.17, 15) is 9.59 Å². The largest absolute Gasteiger partial charge is 0.469 e. The summed E-state index contributed by atoms with van der Waals surface area (Å²) >= 11 is 0. The minimum Gasteiger partial charge on any atom is -0.469 e. The quantitative estimate of drug-likeness (QED) is 0.668. The Morgan fingerprint density at radius 1 is 1.25 bits per heavy atom. The number of rotatable bonds is 7. The SMILES string of the molecule is COCC(N)C(=O)NC(CC(=O)OC)C1CCCCC1. The fourth-order valence-corrected chi connectivity index (χ4v) is 2.68. The average Bonchev–Trinajstić information content (AvgIpc) is 2.47. The van der Waals surface area contributed by atoms with Crippen LogP contribution in [0.4, 0.5) is 0 Å². The molecule has 0 aromatic carbocycles. The van der Waals surface area contributed by atoms with Crippen molar-refractivity contribution in [2.75, 3.05) is 20.8 Å². The smallest absolute Gasteiger partial charge is 0.307 e. The predicted molar refractivity (Wildman–Crippen MR) is 75.0 cm³/mol. The van der Waals surface area contributed by atoms with Gasteiger partial charge in [0, 0.05) is 13.2 Å². The van der Waals surface area contributed by atoms with E-state index in [0.29, 0.717) is 5.92 Å². The lowest BCUT2D eigenvalue weighted by Gasteiger charge is -2.31. The molecule has 1 aliphatic rings. The summed E-state index contributed by atoms with van der Waals surface area (Å²) in [6.07, 6.45) is 5.76. The highest BCUT2D eigenvalue weighted by atomic mass is 16.5. The summed E-state index contributed by atoms with van der Waals surface area (Å²) in [6.45, 7) is 0.168. The Kier molecular flexibility index (Phi) is 7.54. The average molecular weight is 286 g/mol. The van der Waals surface area contributed by atoms with Crippen molar-refractivity contribution < 1.29 is 19.1 Å². The zero-order valence-electron chi connectivity index (χ0n) is 12.4. The first-order valence-electron chi connectivity index (χ1n) is 7.20. The molecule has 20 heavy (non-hydrogen) atoms. The van der Waals surface area contributed by atoms with Crippen molar-refractivity contribution in [3.05, 3.63) is 0 Å². The Morgan fingerprint density at radius 3 is 2.45 bits per heavy atom. The van der Waals surface area contributed by atoms with Gasteiger partial charge in [-0.25, -0.2) is 0 Å². The van der Waals surface area contributed by atoms with Crippen molar-refractivity contribution in [3.63, 3.8) is 0 Å². The number of amides is 1. The van der Waals surface area contributed by atoms with E-state index in [1.807, 2.05) is 0 Å². The lowest BCUT2D eigenvalue weighted by atomic mass is 9.82. The molecule has 116 valence electrons. The lowest BCUT2D eigenvalue weighted by Crippen LogP contribution is -2.50. The van der Waals surface area contributed by atoms with E-state index in [1.165, 1.54) is 20.6 Å². The second-order valence-electron chi connectivity index (χ2n) is 5.36. The first kappa shape index (κ1) is 16.9. The van der Waals surface area contributed by atoms with Crippen molar-refractivity contribution in [3.8, 4) is 0 Å². The zero-order valence-corrected chi connectivity index (χ0v) is 12.4. The summed E-state index contributed by atoms with van der Waals surface area (Å²) in [5.41, 5.74) is 5.72. The maximum absolute atomic E-state index is 12.0. The van der Waals surface area contributed by atoms with Crippen LogP contribution in [-0.4, -0.2) is 44.8 Å². The summed E-state index contributed by atoms with van der Waals surface area (Å²) in [6, 6.07) is -0.901. The van der Waals surface area contributed by atoms with E-state index in [1.54, 1.807) is 0 Å². The highest BCUT2D eigenvalue weighted by Gasteiger charge is 2.28. The Bertz CT molecular complexity index is 316. The first-order chi connectivity index (χ1) is 9.58. The predicted octanol–water partition coefficient (Wildman–Crippen LogP) is 0.588. The number of hydrogen-bond donors (Lipinski definition) is 2. The number of ether oxygens (including phenoxy) is 2. The summed E-state index contributed by atoms with van der Waals surface area (Å²) in [7, 11) is 2.86. The molecule has 1 rings (SSSR count). The van der Waals surface area contributed by atoms with Gasteiger partial charge in [0.25, 0.3) is 0 Å². The van der Waals surface area contributed by atoms with E-state index < -0.39 is 6.04 Å². The van der Waals surface area contributed by atoms with Crippen molar-refractivity contribution in [2.45, 2.75) is 50.6 Å². The van der Waals surface area contributed by atoms with Gasteiger partial charge in [0.2, 0.25) is 5.91 Å². The molecule has 0 aromatic heterocycles. The van der Waals surface area contributed by atoms with Crippen LogP contribution in [0, 0.1) is 5.92 Å². The normalized spacial score (nSPS) is 19.1. The zero-order chi connectivity index (χ0) is 15.0. The molecule has 0 spiro atoms. The Balaban J connectivity index is 2.61. The highest BCUT2D eigenvalue weighted by Crippen LogP contribution is 2.28. The molecule has 0 aromatic rings. The van der Waals surface area contributed by atoms with Crippen LogP contribution in [0.2, 0.25) is 0 Å². The summed E-state index contributed by atoms with van der Waals surface area (Å²) in [5.74, 6) is -0.256. The Morgan fingerprint density at radius 2 is 1.90 bits per heavy atom. The molecule has 2 unspecified atom stereocenters. The molecule has 1 amide bonds. The van der Waals surface area contributed by atoms with Crippen LogP contribution < -0.4 is 11.1 Å². The summed E-state index contributed by atoms with van der Waals surface area (Å²) in [4.78, 5) is 23.5. The van der Waals surface area contributed by atoms with E-state index >= 15 is 0 Å². The topological polar surface area (TPSA) is 90.6 Å². The number of nitrogens with two attached hydrogens (primary N) is 1. The molecule has 0 bridgehead atoms. The molecule has 1 fully saturated rings. The molecule has 0 radical (unpaired) electrons. The third-order valence-electron chi connectivity index (χ3n) is 3.84. The van der Waals surface area contributed by atoms with Gasteiger partial charge in [0.1, 0.15) is 6.04 Å². The molecule has 0 saturated heterocycles. The monoisotopic (exact) mass is 286 g/mol.